The molecule has 23 heavy (non-hydrogen) atoms. The summed E-state index contributed by atoms with van der Waals surface area (Å²) in [6.07, 6.45) is -0.582. The number of anilines is 1. The summed E-state index contributed by atoms with van der Waals surface area (Å²) in [6, 6.07) is 5.17. The van der Waals surface area contributed by atoms with E-state index in [2.05, 4.69) is 16.0 Å². The van der Waals surface area contributed by atoms with Crippen molar-refractivity contribution in [1.29, 1.82) is 0 Å². The lowest BCUT2D eigenvalue weighted by Crippen LogP contribution is -2.42. The predicted molar refractivity (Wildman–Crippen MR) is 93.1 cm³/mol. The molecule has 6 heteroatoms. The van der Waals surface area contributed by atoms with Crippen molar-refractivity contribution < 1.29 is 14.6 Å². The minimum absolute atomic E-state index is 0.0384. The maximum Gasteiger partial charge on any atom is 0.319 e. The summed E-state index contributed by atoms with van der Waals surface area (Å²) >= 11 is 0. The molecular formula is C17H29N3O3. The monoisotopic (exact) mass is 323 g/mol. The van der Waals surface area contributed by atoms with Crippen molar-refractivity contribution in [1.82, 2.24) is 10.6 Å². The molecule has 2 amide bonds. The second kappa shape index (κ2) is 8.74. The molecule has 0 aliphatic carbocycles. The molecule has 0 aliphatic rings. The number of aliphatic hydroxyl groups excluding tert-OH is 1. The summed E-state index contributed by atoms with van der Waals surface area (Å²) in [4.78, 5) is 11.5. The third-order valence-corrected chi connectivity index (χ3v) is 3.07. The van der Waals surface area contributed by atoms with E-state index >= 15 is 0 Å². The van der Waals surface area contributed by atoms with Crippen LogP contribution in [0.25, 0.3) is 0 Å². The zero-order valence-electron chi connectivity index (χ0n) is 14.7. The molecule has 0 radical (unpaired) electrons. The van der Waals surface area contributed by atoms with Crippen LogP contribution in [0.1, 0.15) is 33.3 Å². The van der Waals surface area contributed by atoms with Gasteiger partial charge >= 0.3 is 6.03 Å². The Kier molecular flexibility index (Phi) is 7.32. The van der Waals surface area contributed by atoms with Crippen molar-refractivity contribution in [2.45, 2.75) is 46.3 Å². The number of amides is 2. The first-order valence-electron chi connectivity index (χ1n) is 7.92. The number of ether oxygens (including phenoxy) is 1. The molecule has 0 aromatic heterocycles. The average Bonchev–Trinajstić information content (AvgIpc) is 2.43. The van der Waals surface area contributed by atoms with E-state index in [4.69, 9.17) is 4.74 Å². The zero-order valence-corrected chi connectivity index (χ0v) is 14.7. The molecule has 0 saturated heterocycles. The predicted octanol–water partition coefficient (Wildman–Crippen LogP) is 2.26. The molecule has 6 nitrogen and oxygen atoms in total. The average molecular weight is 323 g/mol. The molecule has 0 fully saturated rings. The van der Waals surface area contributed by atoms with Crippen LogP contribution in [0.2, 0.25) is 0 Å². The minimum Gasteiger partial charge on any atom is -0.491 e. The second-order valence-corrected chi connectivity index (χ2v) is 6.56. The van der Waals surface area contributed by atoms with Gasteiger partial charge in [-0.3, -0.25) is 0 Å². The van der Waals surface area contributed by atoms with Crippen molar-refractivity contribution in [3.05, 3.63) is 23.8 Å². The zero-order chi connectivity index (χ0) is 17.5. The number of benzene rings is 1. The Balaban J connectivity index is 2.50. The van der Waals surface area contributed by atoms with Crippen LogP contribution < -0.4 is 20.7 Å². The summed E-state index contributed by atoms with van der Waals surface area (Å²) in [5.41, 5.74) is 1.56. The number of aliphatic hydroxyl groups is 1. The molecule has 0 saturated carbocycles. The van der Waals surface area contributed by atoms with Gasteiger partial charge in [-0.25, -0.2) is 4.79 Å². The molecule has 4 N–H and O–H groups in total. The largest absolute Gasteiger partial charge is 0.491 e. The van der Waals surface area contributed by atoms with Crippen molar-refractivity contribution in [3.63, 3.8) is 0 Å². The third kappa shape index (κ3) is 7.85. The SMILES string of the molecule is CCNC(=O)Nc1ccc(OCC(O)CNC(C)(C)C)c(C)c1. The van der Waals surface area contributed by atoms with E-state index in [0.29, 0.717) is 24.5 Å². The number of nitrogens with one attached hydrogen (secondary N) is 3. The number of carbonyl (C=O) groups is 1. The van der Waals surface area contributed by atoms with Crippen LogP contribution in [-0.4, -0.2) is 42.5 Å². The molecule has 0 aliphatic heterocycles. The number of rotatable bonds is 7. The Morgan fingerprint density at radius 1 is 1.35 bits per heavy atom. The number of aryl methyl sites for hydroxylation is 1. The molecule has 1 aromatic rings. The molecule has 1 aromatic carbocycles. The van der Waals surface area contributed by atoms with Crippen LogP contribution in [0.5, 0.6) is 5.75 Å². The summed E-state index contributed by atoms with van der Waals surface area (Å²) < 4.78 is 5.65. The van der Waals surface area contributed by atoms with Crippen molar-refractivity contribution in [2.24, 2.45) is 0 Å². The molecular weight excluding hydrogens is 294 g/mol. The quantitative estimate of drug-likeness (QED) is 0.620. The topological polar surface area (TPSA) is 82.6 Å². The number of hydrogen-bond donors (Lipinski definition) is 4. The Bertz CT molecular complexity index is 512. The second-order valence-electron chi connectivity index (χ2n) is 6.56. The van der Waals surface area contributed by atoms with Crippen LogP contribution in [-0.2, 0) is 0 Å². The fourth-order valence-electron chi connectivity index (χ4n) is 1.89. The smallest absolute Gasteiger partial charge is 0.319 e. The highest BCUT2D eigenvalue weighted by Crippen LogP contribution is 2.22. The lowest BCUT2D eigenvalue weighted by Gasteiger charge is -2.23. The highest BCUT2D eigenvalue weighted by atomic mass is 16.5. The van der Waals surface area contributed by atoms with Gasteiger partial charge in [-0.15, -0.1) is 0 Å². The van der Waals surface area contributed by atoms with E-state index in [-0.39, 0.29) is 18.2 Å². The van der Waals surface area contributed by atoms with Gasteiger partial charge < -0.3 is 25.8 Å². The van der Waals surface area contributed by atoms with E-state index in [0.717, 1.165) is 5.56 Å². The minimum atomic E-state index is -0.582. The lowest BCUT2D eigenvalue weighted by molar-refractivity contribution is 0.0997. The van der Waals surface area contributed by atoms with E-state index in [1.807, 2.05) is 40.7 Å². The molecule has 130 valence electrons. The van der Waals surface area contributed by atoms with Crippen molar-refractivity contribution in [3.8, 4) is 5.75 Å². The van der Waals surface area contributed by atoms with Gasteiger partial charge in [-0.2, -0.15) is 0 Å². The number of hydrogen-bond acceptors (Lipinski definition) is 4. The molecule has 0 bridgehead atoms. The van der Waals surface area contributed by atoms with Crippen LogP contribution in [0.4, 0.5) is 10.5 Å². The summed E-state index contributed by atoms with van der Waals surface area (Å²) in [5.74, 6) is 0.696. The van der Waals surface area contributed by atoms with Gasteiger partial charge in [0, 0.05) is 24.3 Å². The molecule has 1 unspecified atom stereocenters. The summed E-state index contributed by atoms with van der Waals surface area (Å²) in [7, 11) is 0. The first kappa shape index (κ1) is 19.3. The van der Waals surface area contributed by atoms with Gasteiger partial charge in [0.2, 0.25) is 0 Å². The fourth-order valence-corrected chi connectivity index (χ4v) is 1.89. The highest BCUT2D eigenvalue weighted by molar-refractivity contribution is 5.89. The van der Waals surface area contributed by atoms with Crippen molar-refractivity contribution >= 4 is 11.7 Å². The van der Waals surface area contributed by atoms with E-state index in [9.17, 15) is 9.90 Å². The van der Waals surface area contributed by atoms with Gasteiger partial charge in [0.05, 0.1) is 0 Å². The van der Waals surface area contributed by atoms with Crippen LogP contribution >= 0.6 is 0 Å². The number of carbonyl (C=O) groups excluding carboxylic acids is 1. The van der Waals surface area contributed by atoms with Gasteiger partial charge in [0.1, 0.15) is 18.5 Å². The van der Waals surface area contributed by atoms with E-state index in [1.54, 1.807) is 12.1 Å². The van der Waals surface area contributed by atoms with Gasteiger partial charge in [0.25, 0.3) is 0 Å². The highest BCUT2D eigenvalue weighted by Gasteiger charge is 2.13. The van der Waals surface area contributed by atoms with E-state index < -0.39 is 6.10 Å². The lowest BCUT2D eigenvalue weighted by atomic mass is 10.1. The number of β-amino-alcohol motifs (C(OH)–C–C–N with tert-alkyl or cyclic N) is 1. The number of urea groups is 1. The standard InChI is InChI=1S/C17H29N3O3/c1-6-18-16(22)20-13-7-8-15(12(2)9-13)23-11-14(21)10-19-17(3,4)5/h7-9,14,19,21H,6,10-11H2,1-5H3,(H2,18,20,22). The van der Waals surface area contributed by atoms with Crippen LogP contribution in [0.3, 0.4) is 0 Å². The van der Waals surface area contributed by atoms with Crippen molar-refractivity contribution in [2.75, 3.05) is 25.0 Å². The summed E-state index contributed by atoms with van der Waals surface area (Å²) in [5, 5.41) is 18.6. The van der Waals surface area contributed by atoms with E-state index in [1.165, 1.54) is 0 Å². The van der Waals surface area contributed by atoms with Crippen LogP contribution in [0.15, 0.2) is 18.2 Å². The first-order chi connectivity index (χ1) is 10.7. The maximum absolute atomic E-state index is 11.5. The Morgan fingerprint density at radius 2 is 2.04 bits per heavy atom. The molecule has 1 rings (SSSR count). The van der Waals surface area contributed by atoms with Gasteiger partial charge in [-0.05, 0) is 58.4 Å². The van der Waals surface area contributed by atoms with Gasteiger partial charge in [0.15, 0.2) is 0 Å². The first-order valence-corrected chi connectivity index (χ1v) is 7.92. The molecule has 0 heterocycles. The third-order valence-electron chi connectivity index (χ3n) is 3.07. The Hall–Kier alpha value is -1.79. The maximum atomic E-state index is 11.5. The molecule has 0 spiro atoms. The van der Waals surface area contributed by atoms with Crippen LogP contribution in [0, 0.1) is 6.92 Å². The fraction of sp³-hybridized carbons (Fsp3) is 0.588. The molecule has 1 atom stereocenters. The van der Waals surface area contributed by atoms with Gasteiger partial charge in [-0.1, -0.05) is 0 Å². The Morgan fingerprint density at radius 3 is 2.61 bits per heavy atom. The normalized spacial score (nSPS) is 12.6. The Labute approximate surface area is 138 Å². The summed E-state index contributed by atoms with van der Waals surface area (Å²) in [6.45, 7) is 11.2.